The van der Waals surface area contributed by atoms with Gasteiger partial charge in [0.2, 0.25) is 0 Å². The molecule has 0 bridgehead atoms. The Hall–Kier alpha value is -1.02. The number of fused-ring (bicyclic) bond motifs is 3. The van der Waals surface area contributed by atoms with Crippen molar-refractivity contribution in [3.8, 4) is 5.75 Å². The summed E-state index contributed by atoms with van der Waals surface area (Å²) in [4.78, 5) is 12.3. The minimum Gasteiger partial charge on any atom is -0.507 e. The van der Waals surface area contributed by atoms with Crippen LogP contribution in [-0.4, -0.2) is 10.9 Å². The maximum Gasteiger partial charge on any atom is 0.170 e. The molecule has 1 fully saturated rings. The molecule has 2 unspecified atom stereocenters. The van der Waals surface area contributed by atoms with Gasteiger partial charge in [-0.05, 0) is 42.9 Å². The summed E-state index contributed by atoms with van der Waals surface area (Å²) >= 11 is 6.27. The van der Waals surface area contributed by atoms with E-state index in [0.29, 0.717) is 16.1 Å². The van der Waals surface area contributed by atoms with Gasteiger partial charge in [0, 0.05) is 10.9 Å². The third kappa shape index (κ3) is 1.43. The van der Waals surface area contributed by atoms with Crippen molar-refractivity contribution in [2.75, 3.05) is 0 Å². The van der Waals surface area contributed by atoms with Crippen molar-refractivity contribution in [1.82, 2.24) is 0 Å². The Bertz CT molecular complexity index is 507. The molecule has 0 radical (unpaired) electrons. The van der Waals surface area contributed by atoms with Gasteiger partial charge >= 0.3 is 0 Å². The number of hydrogen-bond acceptors (Lipinski definition) is 2. The highest BCUT2D eigenvalue weighted by atomic mass is 35.5. The second-order valence-corrected chi connectivity index (χ2v) is 5.58. The Morgan fingerprint density at radius 2 is 1.94 bits per heavy atom. The van der Waals surface area contributed by atoms with E-state index < -0.39 is 0 Å². The van der Waals surface area contributed by atoms with Crippen LogP contribution in [0.4, 0.5) is 0 Å². The summed E-state index contributed by atoms with van der Waals surface area (Å²) in [5, 5.41) is 10.7. The van der Waals surface area contributed by atoms with Crippen LogP contribution in [0.1, 0.15) is 53.1 Å². The highest BCUT2D eigenvalue weighted by Crippen LogP contribution is 2.52. The molecule has 1 N–H and O–H groups in total. The molecule has 0 aliphatic heterocycles. The molecular formula is C14H15ClO2. The molecule has 1 aromatic carbocycles. The molecule has 2 atom stereocenters. The maximum atomic E-state index is 12.3. The molecule has 2 nitrogen and oxygen atoms in total. The Balaban J connectivity index is 2.24. The minimum atomic E-state index is 0.0592. The topological polar surface area (TPSA) is 37.3 Å². The lowest BCUT2D eigenvalue weighted by Gasteiger charge is -2.24. The number of ketones is 1. The zero-order valence-corrected chi connectivity index (χ0v) is 10.5. The Kier molecular flexibility index (Phi) is 2.44. The molecule has 2 aliphatic carbocycles. The quantitative estimate of drug-likeness (QED) is 0.760. The molecule has 2 aliphatic rings. The molecule has 1 saturated carbocycles. The highest BCUT2D eigenvalue weighted by molar-refractivity contribution is 6.32. The molecule has 0 saturated heterocycles. The monoisotopic (exact) mass is 250 g/mol. The third-order valence-corrected chi connectivity index (χ3v) is 4.51. The lowest BCUT2D eigenvalue weighted by Crippen LogP contribution is -2.17. The van der Waals surface area contributed by atoms with Crippen molar-refractivity contribution in [3.63, 3.8) is 0 Å². The van der Waals surface area contributed by atoms with Crippen molar-refractivity contribution in [2.45, 2.75) is 38.5 Å². The number of carbonyl (C=O) groups is 1. The predicted octanol–water partition coefficient (Wildman–Crippen LogP) is 3.82. The third-order valence-electron chi connectivity index (χ3n) is 4.20. The smallest absolute Gasteiger partial charge is 0.170 e. The van der Waals surface area contributed by atoms with Gasteiger partial charge in [0.15, 0.2) is 5.78 Å². The summed E-state index contributed by atoms with van der Waals surface area (Å²) in [6.07, 6.45) is 4.22. The first kappa shape index (κ1) is 11.1. The summed E-state index contributed by atoms with van der Waals surface area (Å²) in [5.74, 6) is 0.547. The predicted molar refractivity (Wildman–Crippen MR) is 66.9 cm³/mol. The fourth-order valence-electron chi connectivity index (χ4n) is 3.37. The van der Waals surface area contributed by atoms with E-state index in [1.165, 1.54) is 0 Å². The van der Waals surface area contributed by atoms with Crippen LogP contribution in [0.3, 0.4) is 0 Å². The zero-order chi connectivity index (χ0) is 12.2. The Morgan fingerprint density at radius 1 is 1.29 bits per heavy atom. The Labute approximate surface area is 106 Å². The largest absolute Gasteiger partial charge is 0.507 e. The first-order valence-corrected chi connectivity index (χ1v) is 6.55. The highest BCUT2D eigenvalue weighted by Gasteiger charge is 2.44. The van der Waals surface area contributed by atoms with E-state index in [1.807, 2.05) is 0 Å². The first-order chi connectivity index (χ1) is 8.11. The van der Waals surface area contributed by atoms with Gasteiger partial charge in [-0.3, -0.25) is 4.79 Å². The van der Waals surface area contributed by atoms with Gasteiger partial charge in [-0.15, -0.1) is 0 Å². The normalized spacial score (nSPS) is 26.8. The number of halogens is 1. The minimum absolute atomic E-state index is 0.0592. The van der Waals surface area contributed by atoms with E-state index in [4.69, 9.17) is 11.6 Å². The second kappa shape index (κ2) is 3.74. The van der Waals surface area contributed by atoms with Crippen LogP contribution in [0.25, 0.3) is 0 Å². The van der Waals surface area contributed by atoms with E-state index in [2.05, 4.69) is 0 Å². The van der Waals surface area contributed by atoms with Crippen LogP contribution >= 0.6 is 11.6 Å². The van der Waals surface area contributed by atoms with Gasteiger partial charge in [0.25, 0.3) is 0 Å². The molecule has 3 rings (SSSR count). The van der Waals surface area contributed by atoms with Crippen LogP contribution in [0.5, 0.6) is 5.75 Å². The van der Waals surface area contributed by atoms with E-state index in [9.17, 15) is 9.90 Å². The number of carbonyl (C=O) groups excluding carboxylic acids is 1. The number of rotatable bonds is 0. The molecular weight excluding hydrogens is 236 g/mol. The summed E-state index contributed by atoms with van der Waals surface area (Å²) in [7, 11) is 0. The lowest BCUT2D eigenvalue weighted by atomic mass is 9.79. The number of phenolic OH excluding ortho intramolecular Hbond substituents is 1. The van der Waals surface area contributed by atoms with Gasteiger partial charge in [0.05, 0.1) is 5.56 Å². The average Bonchev–Trinajstić information content (AvgIpc) is 2.61. The van der Waals surface area contributed by atoms with Crippen LogP contribution in [-0.2, 0) is 0 Å². The molecule has 17 heavy (non-hydrogen) atoms. The molecule has 0 spiro atoms. The molecule has 0 heterocycles. The van der Waals surface area contributed by atoms with Gasteiger partial charge in [-0.1, -0.05) is 24.4 Å². The molecule has 1 aromatic rings. The van der Waals surface area contributed by atoms with Crippen molar-refractivity contribution in [1.29, 1.82) is 0 Å². The van der Waals surface area contributed by atoms with E-state index in [-0.39, 0.29) is 23.4 Å². The summed E-state index contributed by atoms with van der Waals surface area (Å²) < 4.78 is 0. The van der Waals surface area contributed by atoms with Crippen LogP contribution in [0, 0.1) is 12.8 Å². The van der Waals surface area contributed by atoms with Crippen molar-refractivity contribution in [2.24, 2.45) is 5.92 Å². The maximum absolute atomic E-state index is 12.3. The van der Waals surface area contributed by atoms with Gasteiger partial charge in [0.1, 0.15) is 5.75 Å². The number of hydrogen-bond donors (Lipinski definition) is 1. The second-order valence-electron chi connectivity index (χ2n) is 5.17. The Morgan fingerprint density at radius 3 is 2.65 bits per heavy atom. The van der Waals surface area contributed by atoms with E-state index in [1.54, 1.807) is 13.0 Å². The number of benzene rings is 1. The van der Waals surface area contributed by atoms with Crippen molar-refractivity contribution < 1.29 is 9.90 Å². The van der Waals surface area contributed by atoms with Crippen LogP contribution in [0.15, 0.2) is 6.07 Å². The summed E-state index contributed by atoms with van der Waals surface area (Å²) in [6.45, 7) is 1.79. The van der Waals surface area contributed by atoms with Gasteiger partial charge < -0.3 is 5.11 Å². The average molecular weight is 251 g/mol. The van der Waals surface area contributed by atoms with E-state index in [0.717, 1.165) is 31.2 Å². The van der Waals surface area contributed by atoms with Crippen LogP contribution < -0.4 is 0 Å². The summed E-state index contributed by atoms with van der Waals surface area (Å²) in [5.41, 5.74) is 2.11. The van der Waals surface area contributed by atoms with Crippen molar-refractivity contribution >= 4 is 17.4 Å². The fourth-order valence-corrected chi connectivity index (χ4v) is 3.77. The molecule has 0 aromatic heterocycles. The summed E-state index contributed by atoms with van der Waals surface area (Å²) in [6, 6.07) is 1.78. The van der Waals surface area contributed by atoms with Crippen LogP contribution in [0.2, 0.25) is 5.02 Å². The fraction of sp³-hybridized carbons (Fsp3) is 0.500. The lowest BCUT2D eigenvalue weighted by molar-refractivity contribution is 0.0896. The molecule has 0 amide bonds. The SMILES string of the molecule is Cc1cc(Cl)c2c(c1O)C(=O)C1CCCCC21. The van der Waals surface area contributed by atoms with Gasteiger partial charge in [-0.2, -0.15) is 0 Å². The van der Waals surface area contributed by atoms with Gasteiger partial charge in [-0.25, -0.2) is 0 Å². The molecule has 90 valence electrons. The first-order valence-electron chi connectivity index (χ1n) is 6.17. The number of Topliss-reactive ketones (excluding diaryl/α,β-unsaturated/α-hetero) is 1. The molecule has 3 heteroatoms. The number of aryl methyl sites for hydroxylation is 1. The standard InChI is InChI=1S/C14H15ClO2/c1-7-6-10(15)11-8-4-2-3-5-9(8)14(17)12(11)13(7)16/h6,8-9,16H,2-5H2,1H3. The van der Waals surface area contributed by atoms with E-state index >= 15 is 0 Å². The number of aromatic hydroxyl groups is 1. The van der Waals surface area contributed by atoms with Crippen molar-refractivity contribution in [3.05, 3.63) is 27.8 Å². The zero-order valence-electron chi connectivity index (χ0n) is 9.79. The number of phenols is 1.